The molecule has 2 N–H and O–H groups in total. The summed E-state index contributed by atoms with van der Waals surface area (Å²) in [7, 11) is 0. The molecular formula is C32H52O2. The first kappa shape index (κ1) is 35.8. The van der Waals surface area contributed by atoms with Crippen molar-refractivity contribution in [2.24, 2.45) is 10.8 Å². The molecule has 0 aliphatic rings. The molecular weight excluding hydrogens is 416 g/mol. The quantitative estimate of drug-likeness (QED) is 0.430. The molecule has 0 heterocycles. The zero-order valence-corrected chi connectivity index (χ0v) is 23.7. The molecule has 0 unspecified atom stereocenters. The minimum atomic E-state index is 0.322. The summed E-state index contributed by atoms with van der Waals surface area (Å²) in [6, 6.07) is 17.4. The average Bonchev–Trinajstić information content (AvgIpc) is 2.60. The number of phenolic OH excluding ortho intramolecular Hbond substituents is 2. The highest BCUT2D eigenvalue weighted by molar-refractivity contribution is 5.19. The van der Waals surface area contributed by atoms with Crippen molar-refractivity contribution in [2.45, 2.75) is 82.1 Å². The normalized spacial score (nSPS) is 9.71. The number of aromatic hydroxyl groups is 2. The largest absolute Gasteiger partial charge is 0.508 e. The van der Waals surface area contributed by atoms with Crippen LogP contribution in [-0.2, 0) is 0 Å². The highest BCUT2D eigenvalue weighted by Crippen LogP contribution is 2.22. The third-order valence-electron chi connectivity index (χ3n) is 3.18. The van der Waals surface area contributed by atoms with E-state index >= 15 is 0 Å². The fourth-order valence-electron chi connectivity index (χ4n) is 2.67. The molecule has 2 nitrogen and oxygen atoms in total. The Hall–Kier alpha value is -2.74. The first-order valence-corrected chi connectivity index (χ1v) is 11.7. The van der Waals surface area contributed by atoms with Gasteiger partial charge in [-0.1, -0.05) is 94.7 Å². The first-order chi connectivity index (χ1) is 15.4. The standard InChI is InChI=1S/2C8H16.2C6H6O.C4H8/c2*1-7(2)6-8(3,4)5;2*7-6-4-2-1-3-5-6;1-4(2)3/h2*1,6H2,2-5H3;2*1-5,7H;1H2,2-3H3. The van der Waals surface area contributed by atoms with Crippen LogP contribution in [0.4, 0.5) is 0 Å². The van der Waals surface area contributed by atoms with Gasteiger partial charge in [-0.3, -0.25) is 0 Å². The van der Waals surface area contributed by atoms with Gasteiger partial charge >= 0.3 is 0 Å². The molecule has 0 aliphatic heterocycles. The van der Waals surface area contributed by atoms with E-state index in [-0.39, 0.29) is 0 Å². The maximum Gasteiger partial charge on any atom is 0.115 e. The summed E-state index contributed by atoms with van der Waals surface area (Å²) < 4.78 is 0. The monoisotopic (exact) mass is 468 g/mol. The van der Waals surface area contributed by atoms with Gasteiger partial charge in [0.1, 0.15) is 11.5 Å². The predicted molar refractivity (Wildman–Crippen MR) is 154 cm³/mol. The maximum atomic E-state index is 8.63. The lowest BCUT2D eigenvalue weighted by Gasteiger charge is -2.17. The van der Waals surface area contributed by atoms with Crippen molar-refractivity contribution in [2.75, 3.05) is 0 Å². The van der Waals surface area contributed by atoms with E-state index in [1.165, 1.54) is 16.7 Å². The molecule has 2 rings (SSSR count). The van der Waals surface area contributed by atoms with E-state index in [4.69, 9.17) is 10.2 Å². The van der Waals surface area contributed by atoms with Crippen LogP contribution in [0.2, 0.25) is 0 Å². The Kier molecular flexibility index (Phi) is 20.8. The molecule has 34 heavy (non-hydrogen) atoms. The second kappa shape index (κ2) is 19.7. The third kappa shape index (κ3) is 43.2. The van der Waals surface area contributed by atoms with Gasteiger partial charge in [0.2, 0.25) is 0 Å². The maximum absolute atomic E-state index is 8.63. The van der Waals surface area contributed by atoms with Crippen LogP contribution in [0.3, 0.4) is 0 Å². The van der Waals surface area contributed by atoms with Crippen molar-refractivity contribution in [3.63, 3.8) is 0 Å². The molecule has 0 radical (unpaired) electrons. The number of benzene rings is 2. The van der Waals surface area contributed by atoms with Gasteiger partial charge in [0.15, 0.2) is 0 Å². The average molecular weight is 469 g/mol. The summed E-state index contributed by atoms with van der Waals surface area (Å²) in [4.78, 5) is 0. The Morgan fingerprint density at radius 2 is 0.765 bits per heavy atom. The molecule has 0 fully saturated rings. The highest BCUT2D eigenvalue weighted by Gasteiger charge is 2.09. The van der Waals surface area contributed by atoms with Gasteiger partial charge in [0.25, 0.3) is 0 Å². The van der Waals surface area contributed by atoms with Crippen LogP contribution in [0.1, 0.15) is 82.1 Å². The summed E-state index contributed by atoms with van der Waals surface area (Å²) in [5.41, 5.74) is 4.56. The molecule has 2 heteroatoms. The van der Waals surface area contributed by atoms with Gasteiger partial charge in [-0.25, -0.2) is 0 Å². The number of rotatable bonds is 2. The molecule has 2 aromatic carbocycles. The lowest BCUT2D eigenvalue weighted by Crippen LogP contribution is -2.03. The Bertz CT molecular complexity index is 706. The van der Waals surface area contributed by atoms with Gasteiger partial charge in [-0.15, -0.1) is 19.7 Å². The summed E-state index contributed by atoms with van der Waals surface area (Å²) >= 11 is 0. The van der Waals surface area contributed by atoms with Gasteiger partial charge < -0.3 is 10.2 Å². The Balaban J connectivity index is -0.000000359. The smallest absolute Gasteiger partial charge is 0.115 e. The Morgan fingerprint density at radius 1 is 0.559 bits per heavy atom. The number of para-hydroxylation sites is 2. The molecule has 0 bridgehead atoms. The fourth-order valence-corrected chi connectivity index (χ4v) is 2.67. The van der Waals surface area contributed by atoms with Crippen LogP contribution in [0.15, 0.2) is 97.1 Å². The van der Waals surface area contributed by atoms with E-state index in [0.717, 1.165) is 12.8 Å². The van der Waals surface area contributed by atoms with Gasteiger partial charge in [-0.05, 0) is 75.6 Å². The van der Waals surface area contributed by atoms with Crippen molar-refractivity contribution >= 4 is 0 Å². The van der Waals surface area contributed by atoms with Crippen molar-refractivity contribution in [3.05, 3.63) is 97.1 Å². The number of phenols is 2. The van der Waals surface area contributed by atoms with Gasteiger partial charge in [0.05, 0.1) is 0 Å². The van der Waals surface area contributed by atoms with Crippen molar-refractivity contribution in [3.8, 4) is 11.5 Å². The second-order valence-corrected chi connectivity index (χ2v) is 11.3. The minimum absolute atomic E-state index is 0.322. The van der Waals surface area contributed by atoms with Crippen LogP contribution < -0.4 is 0 Å². The van der Waals surface area contributed by atoms with E-state index in [1.54, 1.807) is 48.5 Å². The van der Waals surface area contributed by atoms with Crippen LogP contribution >= 0.6 is 0 Å². The number of hydrogen-bond donors (Lipinski definition) is 2. The molecule has 0 aliphatic carbocycles. The molecule has 0 aromatic heterocycles. The number of hydrogen-bond acceptors (Lipinski definition) is 2. The van der Waals surface area contributed by atoms with E-state index in [9.17, 15) is 0 Å². The van der Waals surface area contributed by atoms with Crippen LogP contribution in [0.5, 0.6) is 11.5 Å². The van der Waals surface area contributed by atoms with E-state index in [2.05, 4.69) is 75.1 Å². The SMILES string of the molecule is C=C(C)C.C=C(C)CC(C)(C)C.C=C(C)CC(C)(C)C.Oc1ccccc1.Oc1ccccc1. The van der Waals surface area contributed by atoms with Crippen LogP contribution in [0.25, 0.3) is 0 Å². The van der Waals surface area contributed by atoms with E-state index in [1.807, 2.05) is 26.0 Å². The van der Waals surface area contributed by atoms with Gasteiger partial charge in [0, 0.05) is 0 Å². The van der Waals surface area contributed by atoms with Crippen molar-refractivity contribution in [1.29, 1.82) is 0 Å². The summed E-state index contributed by atoms with van der Waals surface area (Å²) in [6.07, 6.45) is 2.26. The summed E-state index contributed by atoms with van der Waals surface area (Å²) in [6.45, 7) is 32.7. The topological polar surface area (TPSA) is 40.5 Å². The van der Waals surface area contributed by atoms with Crippen molar-refractivity contribution < 1.29 is 10.2 Å². The molecule has 192 valence electrons. The molecule has 0 amide bonds. The second-order valence-electron chi connectivity index (χ2n) is 11.3. The molecule has 2 aromatic rings. The van der Waals surface area contributed by atoms with E-state index < -0.39 is 0 Å². The molecule has 0 saturated carbocycles. The van der Waals surface area contributed by atoms with E-state index in [0.29, 0.717) is 22.3 Å². The lowest BCUT2D eigenvalue weighted by molar-refractivity contribution is 0.410. The Labute approximate surface area is 211 Å². The highest BCUT2D eigenvalue weighted by atomic mass is 16.3. The zero-order chi connectivity index (χ0) is 27.4. The fraction of sp³-hybridized carbons (Fsp3) is 0.438. The Morgan fingerprint density at radius 3 is 0.824 bits per heavy atom. The first-order valence-electron chi connectivity index (χ1n) is 11.7. The molecule has 0 spiro atoms. The zero-order valence-electron chi connectivity index (χ0n) is 23.7. The predicted octanol–water partition coefficient (Wildman–Crippen LogP) is 10.4. The lowest BCUT2D eigenvalue weighted by atomic mass is 9.89. The minimum Gasteiger partial charge on any atom is -0.508 e. The number of allylic oxidation sites excluding steroid dienone is 3. The molecule has 0 atom stereocenters. The van der Waals surface area contributed by atoms with Crippen LogP contribution in [-0.4, -0.2) is 10.2 Å². The van der Waals surface area contributed by atoms with Crippen LogP contribution in [0, 0.1) is 10.8 Å². The summed E-state index contributed by atoms with van der Waals surface area (Å²) in [5.74, 6) is 0.644. The van der Waals surface area contributed by atoms with Crippen molar-refractivity contribution in [1.82, 2.24) is 0 Å². The summed E-state index contributed by atoms with van der Waals surface area (Å²) in [5, 5.41) is 17.3. The molecule has 0 saturated heterocycles. The van der Waals surface area contributed by atoms with Gasteiger partial charge in [-0.2, -0.15) is 0 Å². The third-order valence-corrected chi connectivity index (χ3v) is 3.18.